The van der Waals surface area contributed by atoms with Crippen LogP contribution in [0.25, 0.3) is 0 Å². The summed E-state index contributed by atoms with van der Waals surface area (Å²) < 4.78 is 43.0. The molecule has 1 fully saturated rings. The number of Topliss-reactive ketones (excluding diaryl/α,β-unsaturated/α-hetero) is 1. The van der Waals surface area contributed by atoms with Gasteiger partial charge in [0.2, 0.25) is 15.8 Å². The van der Waals surface area contributed by atoms with Crippen LogP contribution in [0.4, 0.5) is 0 Å². The van der Waals surface area contributed by atoms with Crippen molar-refractivity contribution < 1.29 is 27.4 Å². The molecule has 0 amide bonds. The van der Waals surface area contributed by atoms with Crippen LogP contribution in [0.1, 0.15) is 24.2 Å². The van der Waals surface area contributed by atoms with Gasteiger partial charge in [0.05, 0.1) is 24.7 Å². The highest BCUT2D eigenvalue weighted by Crippen LogP contribution is 2.22. The minimum atomic E-state index is -3.56. The van der Waals surface area contributed by atoms with E-state index in [1.807, 2.05) is 6.92 Å². The maximum atomic E-state index is 12.7. The molecule has 0 bridgehead atoms. The van der Waals surface area contributed by atoms with E-state index in [0.29, 0.717) is 50.0 Å². The Bertz CT molecular complexity index is 919. The third kappa shape index (κ3) is 5.14. The lowest BCUT2D eigenvalue weighted by Crippen LogP contribution is -2.40. The molecule has 0 aliphatic carbocycles. The molecular weight excluding hydrogens is 394 g/mol. The van der Waals surface area contributed by atoms with Crippen molar-refractivity contribution >= 4 is 15.8 Å². The van der Waals surface area contributed by atoms with Crippen LogP contribution < -0.4 is 9.47 Å². The van der Waals surface area contributed by atoms with Crippen molar-refractivity contribution in [2.45, 2.75) is 24.8 Å². The summed E-state index contributed by atoms with van der Waals surface area (Å²) in [6, 6.07) is 13.0. The highest BCUT2D eigenvalue weighted by atomic mass is 32.2. The Morgan fingerprint density at radius 2 is 1.62 bits per heavy atom. The minimum absolute atomic E-state index is 0.168. The fourth-order valence-electron chi connectivity index (χ4n) is 3.00. The zero-order valence-corrected chi connectivity index (χ0v) is 17.4. The summed E-state index contributed by atoms with van der Waals surface area (Å²) in [4.78, 5) is 12.8. The molecule has 1 saturated heterocycles. The van der Waals surface area contributed by atoms with E-state index in [2.05, 4.69) is 0 Å². The molecule has 1 heterocycles. The maximum absolute atomic E-state index is 12.7. The molecule has 0 aromatic heterocycles. The fraction of sp³-hybridized carbons (Fsp3) is 0.381. The summed E-state index contributed by atoms with van der Waals surface area (Å²) in [6.07, 6.45) is -0.713. The highest BCUT2D eigenvalue weighted by molar-refractivity contribution is 7.89. The van der Waals surface area contributed by atoms with Gasteiger partial charge in [0.1, 0.15) is 11.5 Å². The fourth-order valence-corrected chi connectivity index (χ4v) is 4.41. The highest BCUT2D eigenvalue weighted by Gasteiger charge is 2.26. The smallest absolute Gasteiger partial charge is 0.243 e. The minimum Gasteiger partial charge on any atom is -0.494 e. The van der Waals surface area contributed by atoms with Crippen LogP contribution in [0, 0.1) is 0 Å². The van der Waals surface area contributed by atoms with Gasteiger partial charge in [-0.25, -0.2) is 8.42 Å². The van der Waals surface area contributed by atoms with Crippen molar-refractivity contribution in [2.24, 2.45) is 0 Å². The van der Waals surface area contributed by atoms with Gasteiger partial charge < -0.3 is 14.2 Å². The normalized spacial score (nSPS) is 16.2. The third-order valence-electron chi connectivity index (χ3n) is 4.56. The first-order valence-corrected chi connectivity index (χ1v) is 11.0. The molecular formula is C21H25NO6S. The molecule has 0 unspecified atom stereocenters. The van der Waals surface area contributed by atoms with E-state index in [1.165, 1.54) is 16.4 Å². The molecule has 1 aliphatic heterocycles. The Hall–Kier alpha value is -2.42. The number of benzene rings is 2. The summed E-state index contributed by atoms with van der Waals surface area (Å²) in [5, 5.41) is 0. The van der Waals surface area contributed by atoms with Gasteiger partial charge in [-0.2, -0.15) is 4.31 Å². The van der Waals surface area contributed by atoms with Gasteiger partial charge in [0.25, 0.3) is 0 Å². The van der Waals surface area contributed by atoms with Crippen molar-refractivity contribution in [3.05, 3.63) is 54.1 Å². The molecule has 3 rings (SSSR count). The van der Waals surface area contributed by atoms with Crippen LogP contribution in [-0.2, 0) is 14.8 Å². The third-order valence-corrected chi connectivity index (χ3v) is 6.48. The number of ether oxygens (including phenoxy) is 3. The maximum Gasteiger partial charge on any atom is 0.243 e. The molecule has 2 aromatic carbocycles. The molecule has 0 N–H and O–H groups in total. The van der Waals surface area contributed by atoms with Crippen LogP contribution in [0.2, 0.25) is 0 Å². The van der Waals surface area contributed by atoms with Crippen molar-refractivity contribution in [1.29, 1.82) is 0 Å². The predicted molar refractivity (Wildman–Crippen MR) is 108 cm³/mol. The van der Waals surface area contributed by atoms with Crippen LogP contribution in [0.15, 0.2) is 53.4 Å². The Kier molecular flexibility index (Phi) is 6.89. The number of hydrogen-bond donors (Lipinski definition) is 0. The Labute approximate surface area is 171 Å². The summed E-state index contributed by atoms with van der Waals surface area (Å²) >= 11 is 0. The number of carbonyl (C=O) groups is 1. The number of sulfonamides is 1. The summed E-state index contributed by atoms with van der Waals surface area (Å²) in [5.41, 5.74) is 0.521. The monoisotopic (exact) mass is 419 g/mol. The quantitative estimate of drug-likeness (QED) is 0.612. The number of hydrogen-bond acceptors (Lipinski definition) is 6. The molecule has 1 aliphatic rings. The van der Waals surface area contributed by atoms with Gasteiger partial charge in [-0.3, -0.25) is 4.79 Å². The van der Waals surface area contributed by atoms with Gasteiger partial charge in [0, 0.05) is 18.7 Å². The van der Waals surface area contributed by atoms with E-state index in [0.717, 1.165) is 0 Å². The molecule has 7 nitrogen and oxygen atoms in total. The zero-order valence-electron chi connectivity index (χ0n) is 16.5. The molecule has 2 aromatic rings. The number of carbonyl (C=O) groups excluding carboxylic acids is 1. The first kappa shape index (κ1) is 21.3. The first-order valence-electron chi connectivity index (χ1n) is 9.53. The molecule has 156 valence electrons. The average Bonchev–Trinajstić information content (AvgIpc) is 2.75. The summed E-state index contributed by atoms with van der Waals surface area (Å²) in [5.74, 6) is 0.963. The second-order valence-corrected chi connectivity index (χ2v) is 8.51. The van der Waals surface area contributed by atoms with Crippen molar-refractivity contribution in [3.63, 3.8) is 0 Å². The van der Waals surface area contributed by atoms with Gasteiger partial charge >= 0.3 is 0 Å². The lowest BCUT2D eigenvalue weighted by Gasteiger charge is -2.26. The summed E-state index contributed by atoms with van der Waals surface area (Å²) in [6.45, 7) is 5.59. The largest absolute Gasteiger partial charge is 0.494 e. The second kappa shape index (κ2) is 9.39. The number of ketones is 1. The van der Waals surface area contributed by atoms with Crippen molar-refractivity contribution in [3.8, 4) is 11.5 Å². The molecule has 0 saturated carbocycles. The Morgan fingerprint density at radius 3 is 2.21 bits per heavy atom. The van der Waals surface area contributed by atoms with Crippen LogP contribution in [0.5, 0.6) is 11.5 Å². The lowest BCUT2D eigenvalue weighted by molar-refractivity contribution is 0.0730. The van der Waals surface area contributed by atoms with E-state index < -0.39 is 16.1 Å². The van der Waals surface area contributed by atoms with Crippen LogP contribution in [0.3, 0.4) is 0 Å². The van der Waals surface area contributed by atoms with Crippen molar-refractivity contribution in [2.75, 3.05) is 32.9 Å². The summed E-state index contributed by atoms with van der Waals surface area (Å²) in [7, 11) is -3.56. The Balaban J connectivity index is 1.64. The number of nitrogens with zero attached hydrogens (tertiary/aromatic N) is 1. The van der Waals surface area contributed by atoms with E-state index in [4.69, 9.17) is 14.2 Å². The van der Waals surface area contributed by atoms with Gasteiger partial charge in [0.15, 0.2) is 6.10 Å². The van der Waals surface area contributed by atoms with E-state index in [-0.39, 0.29) is 10.7 Å². The molecule has 1 atom stereocenters. The van der Waals surface area contributed by atoms with Crippen LogP contribution in [-0.4, -0.2) is 57.5 Å². The molecule has 0 radical (unpaired) electrons. The van der Waals surface area contributed by atoms with Gasteiger partial charge in [-0.15, -0.1) is 0 Å². The van der Waals surface area contributed by atoms with Crippen LogP contribution >= 0.6 is 0 Å². The molecule has 0 spiro atoms. The predicted octanol–water partition coefficient (Wildman–Crippen LogP) is 2.76. The number of rotatable bonds is 8. The van der Waals surface area contributed by atoms with Crippen molar-refractivity contribution in [1.82, 2.24) is 4.31 Å². The topological polar surface area (TPSA) is 82.1 Å². The SMILES string of the molecule is CCOc1ccc(C(=O)[C@H](C)Oc2ccc(S(=O)(=O)N3CCOCC3)cc2)cc1. The zero-order chi connectivity index (χ0) is 20.9. The molecule has 8 heteroatoms. The molecule has 29 heavy (non-hydrogen) atoms. The van der Waals surface area contributed by atoms with Gasteiger partial charge in [-0.1, -0.05) is 0 Å². The van der Waals surface area contributed by atoms with E-state index in [9.17, 15) is 13.2 Å². The van der Waals surface area contributed by atoms with E-state index >= 15 is 0 Å². The Morgan fingerprint density at radius 1 is 1.03 bits per heavy atom. The number of morpholine rings is 1. The first-order chi connectivity index (χ1) is 13.9. The standard InChI is InChI=1S/C21H25NO6S/c1-3-27-18-6-4-17(5-7-18)21(23)16(2)28-19-8-10-20(11-9-19)29(24,25)22-12-14-26-15-13-22/h4-11,16H,3,12-15H2,1-2H3/t16-/m0/s1. The second-order valence-electron chi connectivity index (χ2n) is 6.57. The average molecular weight is 419 g/mol. The lowest BCUT2D eigenvalue weighted by atomic mass is 10.1. The van der Waals surface area contributed by atoms with E-state index in [1.54, 1.807) is 43.3 Å². The van der Waals surface area contributed by atoms with Gasteiger partial charge in [-0.05, 0) is 62.4 Å².